The van der Waals surface area contributed by atoms with Gasteiger partial charge in [0, 0.05) is 38.2 Å². The second-order valence-corrected chi connectivity index (χ2v) is 14.8. The van der Waals surface area contributed by atoms with Crippen LogP contribution in [0, 0.1) is 11.8 Å². The number of aliphatic carboxylic acids is 2. The third kappa shape index (κ3) is 13.4. The number of aromatic nitrogens is 2. The molecule has 316 valence electrons. The molecule has 1 saturated heterocycles. The lowest BCUT2D eigenvalue weighted by Gasteiger charge is -2.38. The summed E-state index contributed by atoms with van der Waals surface area (Å²) in [5.74, 6) is -5.26. The average molecular weight is 814 g/mol. The first-order valence-corrected chi connectivity index (χ1v) is 19.8. The number of imidazole rings is 1. The minimum Gasteiger partial charge on any atom is -0.479 e. The number of carbonyl (C=O) groups is 5. The summed E-state index contributed by atoms with van der Waals surface area (Å²) < 4.78 is 5.42. The van der Waals surface area contributed by atoms with E-state index in [0.29, 0.717) is 32.0 Å². The molecule has 1 saturated carbocycles. The highest BCUT2D eigenvalue weighted by Crippen LogP contribution is 2.32. The van der Waals surface area contributed by atoms with Crippen LogP contribution in [-0.2, 0) is 41.6 Å². The summed E-state index contributed by atoms with van der Waals surface area (Å²) in [5.41, 5.74) is 8.63. The number of carbonyl (C=O) groups excluding carboxylic acids is 3. The predicted molar refractivity (Wildman–Crippen MR) is 221 cm³/mol. The molecule has 1 aromatic heterocycles. The molecule has 0 radical (unpaired) electrons. The lowest BCUT2D eigenvalue weighted by atomic mass is 9.82. The molecule has 2 aliphatic rings. The van der Waals surface area contributed by atoms with Crippen LogP contribution < -0.4 is 5.73 Å². The van der Waals surface area contributed by atoms with E-state index in [9.17, 15) is 34.2 Å². The van der Waals surface area contributed by atoms with E-state index in [1.165, 1.54) is 6.33 Å². The monoisotopic (exact) mass is 813 g/mol. The van der Waals surface area contributed by atoms with Crippen LogP contribution >= 0.6 is 0 Å². The van der Waals surface area contributed by atoms with E-state index in [-0.39, 0.29) is 43.0 Å². The van der Waals surface area contributed by atoms with Crippen molar-refractivity contribution in [2.24, 2.45) is 17.6 Å². The Morgan fingerprint density at radius 2 is 1.58 bits per heavy atom. The van der Waals surface area contributed by atoms with Crippen molar-refractivity contribution in [3.63, 3.8) is 0 Å². The highest BCUT2D eigenvalue weighted by molar-refractivity contribution is 6.01. The molecule has 1 aliphatic carbocycles. The van der Waals surface area contributed by atoms with Crippen LogP contribution in [0.1, 0.15) is 61.8 Å². The first-order valence-electron chi connectivity index (χ1n) is 19.8. The molecule has 6 rings (SSSR count). The Kier molecular flexibility index (Phi) is 17.9. The van der Waals surface area contributed by atoms with E-state index in [1.54, 1.807) is 17.2 Å². The number of aliphatic hydroxyl groups is 1. The molecule has 2 heterocycles. The number of benzene rings is 3. The fraction of sp³-hybridized carbons (Fsp3) is 0.409. The predicted octanol–water partition coefficient (Wildman–Crippen LogP) is 3.64. The van der Waals surface area contributed by atoms with Crippen molar-refractivity contribution >= 4 is 46.5 Å². The van der Waals surface area contributed by atoms with Crippen LogP contribution in [0.5, 0.6) is 0 Å². The molecule has 8 N–H and O–H groups in total. The van der Waals surface area contributed by atoms with Gasteiger partial charge in [0.15, 0.2) is 6.10 Å². The van der Waals surface area contributed by atoms with E-state index in [2.05, 4.69) is 9.97 Å². The number of hydrogen-bond acceptors (Lipinski definition) is 9. The fourth-order valence-corrected chi connectivity index (χ4v) is 7.70. The van der Waals surface area contributed by atoms with Crippen molar-refractivity contribution in [3.8, 4) is 0 Å². The van der Waals surface area contributed by atoms with Gasteiger partial charge in [-0.15, -0.1) is 0 Å². The number of morpholine rings is 1. The SMILES string of the molecule is N[C@@H](Cc1c[nH]cn1)C(=O)N(C(=O)[C@@H](CC(=O)N1CCOCC1)Cc1cccc2ccccc12)[C@@H](CC1CCCCC1)[C@@H](O)C(=O)O.O.O=C(O)C=Cc1ccccc1. The Balaban J connectivity index is 0.000000555. The van der Waals surface area contributed by atoms with Gasteiger partial charge >= 0.3 is 11.9 Å². The van der Waals surface area contributed by atoms with Crippen LogP contribution in [0.15, 0.2) is 91.4 Å². The molecule has 1 aliphatic heterocycles. The number of nitrogens with two attached hydrogens (primary N) is 1. The Morgan fingerprint density at radius 1 is 0.898 bits per heavy atom. The van der Waals surface area contributed by atoms with Gasteiger partial charge in [-0.1, -0.05) is 105 Å². The topological polar surface area (TPSA) is 248 Å². The quantitative estimate of drug-likeness (QED) is 0.108. The average Bonchev–Trinajstić information content (AvgIpc) is 3.76. The molecule has 2 fully saturated rings. The van der Waals surface area contributed by atoms with Crippen molar-refractivity contribution in [1.29, 1.82) is 0 Å². The zero-order valence-electron chi connectivity index (χ0n) is 33.0. The summed E-state index contributed by atoms with van der Waals surface area (Å²) in [4.78, 5) is 74.8. The summed E-state index contributed by atoms with van der Waals surface area (Å²) in [7, 11) is 0. The van der Waals surface area contributed by atoms with Crippen LogP contribution in [-0.4, -0.2) is 115 Å². The maximum absolute atomic E-state index is 14.9. The number of aliphatic hydroxyl groups excluding tert-OH is 1. The molecule has 0 unspecified atom stereocenters. The zero-order chi connectivity index (χ0) is 41.4. The molecule has 15 nitrogen and oxygen atoms in total. The minimum atomic E-state index is -2.03. The van der Waals surface area contributed by atoms with Gasteiger partial charge in [0.25, 0.3) is 0 Å². The number of carboxylic acid groups (broad SMARTS) is 2. The highest BCUT2D eigenvalue weighted by atomic mass is 16.5. The first-order chi connectivity index (χ1) is 28.0. The van der Waals surface area contributed by atoms with E-state index in [1.807, 2.05) is 72.8 Å². The number of carboxylic acids is 2. The number of amides is 3. The van der Waals surface area contributed by atoms with Crippen LogP contribution in [0.2, 0.25) is 0 Å². The first kappa shape index (κ1) is 46.0. The fourth-order valence-electron chi connectivity index (χ4n) is 7.70. The number of nitrogens with one attached hydrogen (secondary N) is 1. The van der Waals surface area contributed by atoms with Gasteiger partial charge in [0.2, 0.25) is 17.7 Å². The highest BCUT2D eigenvalue weighted by Gasteiger charge is 2.44. The van der Waals surface area contributed by atoms with Gasteiger partial charge in [0.1, 0.15) is 0 Å². The molecule has 3 aromatic carbocycles. The zero-order valence-corrected chi connectivity index (χ0v) is 33.0. The van der Waals surface area contributed by atoms with Gasteiger partial charge in [0.05, 0.1) is 43.2 Å². The third-order valence-corrected chi connectivity index (χ3v) is 10.7. The molecular weight excluding hydrogens is 759 g/mol. The largest absolute Gasteiger partial charge is 0.479 e. The Morgan fingerprint density at radius 3 is 2.24 bits per heavy atom. The number of ether oxygens (including phenoxy) is 1. The Bertz CT molecular complexity index is 1990. The molecule has 4 atom stereocenters. The summed E-state index contributed by atoms with van der Waals surface area (Å²) in [5, 5.41) is 31.3. The van der Waals surface area contributed by atoms with Gasteiger partial charge in [-0.25, -0.2) is 14.6 Å². The Labute approximate surface area is 343 Å². The molecule has 3 amide bonds. The maximum Gasteiger partial charge on any atom is 0.334 e. The van der Waals surface area contributed by atoms with Crippen molar-refractivity contribution < 1.29 is 49.5 Å². The van der Waals surface area contributed by atoms with Gasteiger partial charge in [-0.2, -0.15) is 0 Å². The van der Waals surface area contributed by atoms with E-state index in [0.717, 1.165) is 65.0 Å². The number of rotatable bonds is 15. The van der Waals surface area contributed by atoms with Crippen molar-refractivity contribution in [1.82, 2.24) is 19.8 Å². The van der Waals surface area contributed by atoms with Gasteiger partial charge in [-0.3, -0.25) is 19.3 Å². The second kappa shape index (κ2) is 23.0. The van der Waals surface area contributed by atoms with Crippen molar-refractivity contribution in [2.45, 2.75) is 76.0 Å². The molecule has 4 aromatic rings. The smallest absolute Gasteiger partial charge is 0.334 e. The second-order valence-electron chi connectivity index (χ2n) is 14.8. The van der Waals surface area contributed by atoms with Crippen LogP contribution in [0.4, 0.5) is 0 Å². The third-order valence-electron chi connectivity index (χ3n) is 10.7. The lowest BCUT2D eigenvalue weighted by Crippen LogP contribution is -2.59. The molecule has 15 heteroatoms. The number of nitrogens with zero attached hydrogens (tertiary/aromatic N) is 3. The maximum atomic E-state index is 14.9. The normalized spacial score (nSPS) is 16.5. The van der Waals surface area contributed by atoms with Crippen molar-refractivity contribution in [2.75, 3.05) is 26.3 Å². The van der Waals surface area contributed by atoms with E-state index >= 15 is 0 Å². The van der Waals surface area contributed by atoms with E-state index in [4.69, 9.17) is 15.6 Å². The molecule has 0 spiro atoms. The lowest BCUT2D eigenvalue weighted by molar-refractivity contribution is -0.162. The molecule has 0 bridgehead atoms. The summed E-state index contributed by atoms with van der Waals surface area (Å²) in [6.45, 7) is 1.53. The Hall–Kier alpha value is -5.74. The number of hydrogen-bond donors (Lipinski definition) is 5. The minimum absolute atomic E-state index is 0. The summed E-state index contributed by atoms with van der Waals surface area (Å²) >= 11 is 0. The van der Waals surface area contributed by atoms with Gasteiger partial charge < -0.3 is 41.2 Å². The summed E-state index contributed by atoms with van der Waals surface area (Å²) in [6, 6.07) is 20.1. The number of fused-ring (bicyclic) bond motifs is 1. The van der Waals surface area contributed by atoms with Crippen LogP contribution in [0.25, 0.3) is 16.8 Å². The van der Waals surface area contributed by atoms with Crippen LogP contribution in [0.3, 0.4) is 0 Å². The van der Waals surface area contributed by atoms with E-state index < -0.39 is 47.9 Å². The molecular formula is C44H55N5O10. The number of H-pyrrole nitrogens is 1. The number of imide groups is 1. The summed E-state index contributed by atoms with van der Waals surface area (Å²) in [6.07, 6.45) is 8.25. The van der Waals surface area contributed by atoms with Gasteiger partial charge in [-0.05, 0) is 46.7 Å². The standard InChI is InChI=1S/C35H45N5O7.C9H8O2.H2O/c36-29(20-27-21-37-22-38-27)34(44)40(30(32(42)35(45)46)17-23-7-2-1-3-8-23)33(43)26(19-31(41)39-13-15-47-16-14-39)18-25-11-6-10-24-9-4-5-12-28(24)25;10-9(11)7-6-8-4-2-1-3-5-8;/h4-6,9-12,21-23,26,29-30,32,42H,1-3,7-8,13-20,36H2,(H,37,38)(H,45,46);1-7H,(H,10,11);1H2/t26-,29+,30+,32-;;/m1../s1. The number of aromatic amines is 1. The molecule has 59 heavy (non-hydrogen) atoms. The van der Waals surface area contributed by atoms with Crippen molar-refractivity contribution in [3.05, 3.63) is 108 Å².